The molecule has 2 N–H and O–H groups in total. The van der Waals surface area contributed by atoms with Crippen LogP contribution < -0.4 is 14.8 Å². The van der Waals surface area contributed by atoms with Crippen LogP contribution in [0.15, 0.2) is 48.5 Å². The van der Waals surface area contributed by atoms with Crippen LogP contribution in [-0.2, 0) is 12.8 Å². The van der Waals surface area contributed by atoms with Gasteiger partial charge in [-0.3, -0.25) is 0 Å². The first-order valence-corrected chi connectivity index (χ1v) is 8.99. The number of hydrogen-bond acceptors (Lipinski definition) is 4. The lowest BCUT2D eigenvalue weighted by molar-refractivity contribution is 0.103. The zero-order valence-electron chi connectivity index (χ0n) is 14.8. The van der Waals surface area contributed by atoms with Crippen molar-refractivity contribution in [1.82, 2.24) is 5.32 Å². The topological polar surface area (TPSA) is 50.7 Å². The number of rotatable bonds is 7. The summed E-state index contributed by atoms with van der Waals surface area (Å²) < 4.78 is 11.0. The second-order valence-electron chi connectivity index (χ2n) is 6.61. The van der Waals surface area contributed by atoms with Gasteiger partial charge in [0, 0.05) is 12.6 Å². The van der Waals surface area contributed by atoms with Crippen molar-refractivity contribution in [3.05, 3.63) is 59.7 Å². The molecular formula is C21H27NO3. The molecule has 1 aliphatic rings. The number of aryl methyl sites for hydroxylation is 1. The third-order valence-electron chi connectivity index (χ3n) is 4.71. The van der Waals surface area contributed by atoms with Gasteiger partial charge >= 0.3 is 0 Å². The van der Waals surface area contributed by atoms with Crippen molar-refractivity contribution in [2.45, 2.75) is 37.8 Å². The monoisotopic (exact) mass is 341 g/mol. The smallest absolute Gasteiger partial charge is 0.119 e. The molecule has 0 saturated carbocycles. The summed E-state index contributed by atoms with van der Waals surface area (Å²) in [5.74, 6) is 1.70. The number of benzene rings is 2. The van der Waals surface area contributed by atoms with Gasteiger partial charge in [0.2, 0.25) is 0 Å². The third kappa shape index (κ3) is 5.21. The Balaban J connectivity index is 1.49. The van der Waals surface area contributed by atoms with E-state index in [9.17, 15) is 5.11 Å². The summed E-state index contributed by atoms with van der Waals surface area (Å²) in [7, 11) is 1.71. The first-order chi connectivity index (χ1) is 12.2. The number of fused-ring (bicyclic) bond motifs is 1. The quantitative estimate of drug-likeness (QED) is 0.760. The van der Waals surface area contributed by atoms with Gasteiger partial charge in [-0.15, -0.1) is 0 Å². The van der Waals surface area contributed by atoms with Crippen LogP contribution in [-0.4, -0.2) is 37.5 Å². The normalized spacial score (nSPS) is 18.1. The van der Waals surface area contributed by atoms with Gasteiger partial charge in [0.25, 0.3) is 0 Å². The molecule has 4 nitrogen and oxygen atoms in total. The second-order valence-corrected chi connectivity index (χ2v) is 6.61. The van der Waals surface area contributed by atoms with Crippen LogP contribution in [0.1, 0.15) is 24.0 Å². The van der Waals surface area contributed by atoms with E-state index < -0.39 is 6.10 Å². The molecule has 2 atom stereocenters. The maximum Gasteiger partial charge on any atom is 0.119 e. The van der Waals surface area contributed by atoms with Gasteiger partial charge < -0.3 is 19.9 Å². The number of aliphatic hydroxyl groups excluding tert-OH is 1. The second kappa shape index (κ2) is 8.88. The molecule has 4 heteroatoms. The van der Waals surface area contributed by atoms with E-state index in [2.05, 4.69) is 17.4 Å². The molecule has 0 fully saturated rings. The van der Waals surface area contributed by atoms with E-state index in [1.165, 1.54) is 11.1 Å². The van der Waals surface area contributed by atoms with Crippen molar-refractivity contribution in [1.29, 1.82) is 0 Å². The zero-order valence-corrected chi connectivity index (χ0v) is 14.8. The minimum atomic E-state index is -0.520. The fraction of sp³-hybridized carbons (Fsp3) is 0.429. The Kier molecular flexibility index (Phi) is 6.31. The van der Waals surface area contributed by atoms with Gasteiger partial charge in [-0.2, -0.15) is 0 Å². The number of hydrogen-bond donors (Lipinski definition) is 2. The number of ether oxygens (including phenoxy) is 2. The standard InChI is InChI=1S/C21H27NO3/c1-24-21-11-10-16-6-5-7-18(12-17(16)13-21)22-14-19(23)15-25-20-8-3-2-4-9-20/h2-4,8-11,13,18-19,22-23H,5-7,12,14-15H2,1H3. The van der Waals surface area contributed by atoms with E-state index in [0.29, 0.717) is 19.2 Å². The average molecular weight is 341 g/mol. The van der Waals surface area contributed by atoms with Gasteiger partial charge in [0.05, 0.1) is 7.11 Å². The molecular weight excluding hydrogens is 314 g/mol. The zero-order chi connectivity index (χ0) is 17.5. The maximum atomic E-state index is 10.2. The molecule has 3 rings (SSSR count). The Morgan fingerprint density at radius 1 is 1.12 bits per heavy atom. The van der Waals surface area contributed by atoms with Gasteiger partial charge in [0.15, 0.2) is 0 Å². The van der Waals surface area contributed by atoms with Crippen LogP contribution in [0.5, 0.6) is 11.5 Å². The van der Waals surface area contributed by atoms with Crippen LogP contribution >= 0.6 is 0 Å². The molecule has 25 heavy (non-hydrogen) atoms. The Hall–Kier alpha value is -2.04. The highest BCUT2D eigenvalue weighted by Gasteiger charge is 2.18. The van der Waals surface area contributed by atoms with Crippen molar-refractivity contribution >= 4 is 0 Å². The number of para-hydroxylation sites is 1. The summed E-state index contributed by atoms with van der Waals surface area (Å²) in [5.41, 5.74) is 2.77. The summed E-state index contributed by atoms with van der Waals surface area (Å²) in [4.78, 5) is 0. The van der Waals surface area contributed by atoms with E-state index in [4.69, 9.17) is 9.47 Å². The molecule has 2 aromatic rings. The van der Waals surface area contributed by atoms with Crippen molar-refractivity contribution in [3.63, 3.8) is 0 Å². The average Bonchev–Trinajstić information content (AvgIpc) is 2.86. The fourth-order valence-electron chi connectivity index (χ4n) is 3.31. The molecule has 0 aliphatic heterocycles. The summed E-state index contributed by atoms with van der Waals surface area (Å²) in [6, 6.07) is 16.3. The van der Waals surface area contributed by atoms with Gasteiger partial charge in [0.1, 0.15) is 24.2 Å². The molecule has 0 aromatic heterocycles. The highest BCUT2D eigenvalue weighted by atomic mass is 16.5. The summed E-state index contributed by atoms with van der Waals surface area (Å²) >= 11 is 0. The predicted octanol–water partition coefficient (Wildman–Crippen LogP) is 2.97. The number of methoxy groups -OCH3 is 1. The van der Waals surface area contributed by atoms with Crippen LogP contribution in [0.3, 0.4) is 0 Å². The summed E-state index contributed by atoms with van der Waals surface area (Å²) in [6.07, 6.45) is 3.83. The largest absolute Gasteiger partial charge is 0.497 e. The van der Waals surface area contributed by atoms with Gasteiger partial charge in [-0.05, 0) is 61.1 Å². The Labute approximate surface area is 149 Å². The molecule has 0 heterocycles. The lowest BCUT2D eigenvalue weighted by Crippen LogP contribution is -2.39. The molecule has 0 bridgehead atoms. The highest BCUT2D eigenvalue weighted by Crippen LogP contribution is 2.25. The van der Waals surface area contributed by atoms with E-state index in [0.717, 1.165) is 37.2 Å². The minimum absolute atomic E-state index is 0.300. The SMILES string of the molecule is COc1ccc2c(c1)CC(NCC(O)COc1ccccc1)CCC2. The first kappa shape index (κ1) is 17.8. The minimum Gasteiger partial charge on any atom is -0.497 e. The Morgan fingerprint density at radius 3 is 2.76 bits per heavy atom. The molecule has 1 aliphatic carbocycles. The van der Waals surface area contributed by atoms with Crippen molar-refractivity contribution < 1.29 is 14.6 Å². The summed E-state index contributed by atoms with van der Waals surface area (Å²) in [6.45, 7) is 0.838. The number of aliphatic hydroxyl groups is 1. The van der Waals surface area contributed by atoms with E-state index >= 15 is 0 Å². The fourth-order valence-corrected chi connectivity index (χ4v) is 3.31. The molecule has 134 valence electrons. The molecule has 0 radical (unpaired) electrons. The maximum absolute atomic E-state index is 10.2. The van der Waals surface area contributed by atoms with Gasteiger partial charge in [-0.1, -0.05) is 24.3 Å². The Morgan fingerprint density at radius 2 is 1.96 bits per heavy atom. The van der Waals surface area contributed by atoms with Crippen molar-refractivity contribution in [3.8, 4) is 11.5 Å². The van der Waals surface area contributed by atoms with Crippen LogP contribution in [0, 0.1) is 0 Å². The molecule has 2 aromatic carbocycles. The van der Waals surface area contributed by atoms with Crippen LogP contribution in [0.25, 0.3) is 0 Å². The highest BCUT2D eigenvalue weighted by molar-refractivity contribution is 5.37. The van der Waals surface area contributed by atoms with Crippen LogP contribution in [0.2, 0.25) is 0 Å². The molecule has 0 spiro atoms. The summed E-state index contributed by atoms with van der Waals surface area (Å²) in [5, 5.41) is 13.7. The van der Waals surface area contributed by atoms with Crippen LogP contribution in [0.4, 0.5) is 0 Å². The van der Waals surface area contributed by atoms with Crippen molar-refractivity contribution in [2.24, 2.45) is 0 Å². The predicted molar refractivity (Wildman–Crippen MR) is 99.4 cm³/mol. The molecule has 2 unspecified atom stereocenters. The van der Waals surface area contributed by atoms with E-state index in [-0.39, 0.29) is 0 Å². The van der Waals surface area contributed by atoms with E-state index in [1.807, 2.05) is 36.4 Å². The Bertz CT molecular complexity index is 659. The van der Waals surface area contributed by atoms with Crippen molar-refractivity contribution in [2.75, 3.05) is 20.3 Å². The lowest BCUT2D eigenvalue weighted by atomic mass is 10.0. The van der Waals surface area contributed by atoms with E-state index in [1.54, 1.807) is 7.11 Å². The number of nitrogens with one attached hydrogen (secondary N) is 1. The van der Waals surface area contributed by atoms with Gasteiger partial charge in [-0.25, -0.2) is 0 Å². The third-order valence-corrected chi connectivity index (χ3v) is 4.71. The first-order valence-electron chi connectivity index (χ1n) is 8.99. The molecule has 0 amide bonds. The molecule has 0 saturated heterocycles. The lowest BCUT2D eigenvalue weighted by Gasteiger charge is -2.20.